The number of aryl methyl sites for hydroxylation is 2. The van der Waals surface area contributed by atoms with Crippen molar-refractivity contribution < 1.29 is 22.7 Å². The molecule has 8 heteroatoms. The van der Waals surface area contributed by atoms with Crippen LogP contribution in [-0.4, -0.2) is 26.9 Å². The van der Waals surface area contributed by atoms with Crippen LogP contribution in [0.25, 0.3) is 0 Å². The molecule has 0 bridgehead atoms. The number of carbonyl (C=O) groups is 2. The number of primary sulfonamides is 1. The van der Waals surface area contributed by atoms with Crippen molar-refractivity contribution >= 4 is 27.6 Å². The maximum absolute atomic E-state index is 12.0. The highest BCUT2D eigenvalue weighted by Crippen LogP contribution is 2.22. The van der Waals surface area contributed by atoms with Crippen LogP contribution in [-0.2, 0) is 43.6 Å². The highest BCUT2D eigenvalue weighted by Gasteiger charge is 2.13. The van der Waals surface area contributed by atoms with Gasteiger partial charge in [0.15, 0.2) is 6.61 Å². The number of hydrogen-bond acceptors (Lipinski definition) is 5. The Morgan fingerprint density at radius 2 is 1.68 bits per heavy atom. The zero-order valence-corrected chi connectivity index (χ0v) is 16.1. The third-order valence-corrected chi connectivity index (χ3v) is 5.52. The molecule has 1 aliphatic carbocycles. The van der Waals surface area contributed by atoms with Crippen LogP contribution in [0.4, 0.5) is 5.69 Å². The van der Waals surface area contributed by atoms with Crippen molar-refractivity contribution in [3.63, 3.8) is 0 Å². The minimum Gasteiger partial charge on any atom is -0.455 e. The van der Waals surface area contributed by atoms with Gasteiger partial charge in [0.05, 0.1) is 11.3 Å². The van der Waals surface area contributed by atoms with Gasteiger partial charge in [-0.15, -0.1) is 0 Å². The number of benzene rings is 2. The van der Waals surface area contributed by atoms with Crippen LogP contribution in [0.1, 0.15) is 29.5 Å². The van der Waals surface area contributed by atoms with Crippen LogP contribution in [0, 0.1) is 0 Å². The standard InChI is InChI=1S/C20H22N2O5S/c21-28(25,26)18-9-7-17(8-10-18)22-19(23)13-27-20(24)12-14-5-6-15-3-1-2-4-16(15)11-14/h5-11H,1-4,12-13H2,(H,22,23)(H2,21,25,26). The SMILES string of the molecule is NS(=O)(=O)c1ccc(NC(=O)COC(=O)Cc2ccc3c(c2)CCCC3)cc1. The summed E-state index contributed by atoms with van der Waals surface area (Å²) in [6.07, 6.45) is 4.60. The molecule has 2 aromatic carbocycles. The first-order chi connectivity index (χ1) is 13.3. The minimum atomic E-state index is -3.79. The molecule has 0 fully saturated rings. The number of nitrogens with one attached hydrogen (secondary N) is 1. The van der Waals surface area contributed by atoms with Gasteiger partial charge in [-0.3, -0.25) is 9.59 Å². The van der Waals surface area contributed by atoms with Gasteiger partial charge in [-0.2, -0.15) is 0 Å². The molecule has 0 heterocycles. The summed E-state index contributed by atoms with van der Waals surface area (Å²) in [6, 6.07) is 11.4. The van der Waals surface area contributed by atoms with Crippen molar-refractivity contribution in [1.29, 1.82) is 0 Å². The van der Waals surface area contributed by atoms with Crippen molar-refractivity contribution in [3.05, 3.63) is 59.2 Å². The van der Waals surface area contributed by atoms with Crippen LogP contribution in [0.3, 0.4) is 0 Å². The second-order valence-electron chi connectivity index (χ2n) is 6.77. The zero-order chi connectivity index (χ0) is 20.1. The molecule has 0 saturated carbocycles. The van der Waals surface area contributed by atoms with Gasteiger partial charge in [0.2, 0.25) is 10.0 Å². The lowest BCUT2D eigenvalue weighted by Crippen LogP contribution is -2.21. The van der Waals surface area contributed by atoms with E-state index in [0.29, 0.717) is 5.69 Å². The molecule has 1 aliphatic rings. The van der Waals surface area contributed by atoms with E-state index in [2.05, 4.69) is 11.4 Å². The Morgan fingerprint density at radius 3 is 2.36 bits per heavy atom. The summed E-state index contributed by atoms with van der Waals surface area (Å²) < 4.78 is 27.4. The van der Waals surface area contributed by atoms with Crippen molar-refractivity contribution in [2.45, 2.75) is 37.0 Å². The first-order valence-corrected chi connectivity index (χ1v) is 10.5. The molecule has 148 valence electrons. The fourth-order valence-corrected chi connectivity index (χ4v) is 3.70. The third kappa shape index (κ3) is 5.40. The van der Waals surface area contributed by atoms with Gasteiger partial charge >= 0.3 is 5.97 Å². The fraction of sp³-hybridized carbons (Fsp3) is 0.300. The van der Waals surface area contributed by atoms with E-state index >= 15 is 0 Å². The molecule has 0 aromatic heterocycles. The molecule has 7 nitrogen and oxygen atoms in total. The Balaban J connectivity index is 1.48. The number of sulfonamides is 1. The molecular weight excluding hydrogens is 380 g/mol. The molecular formula is C20H22N2O5S. The fourth-order valence-electron chi connectivity index (χ4n) is 3.19. The number of ether oxygens (including phenoxy) is 1. The predicted octanol–water partition coefficient (Wildman–Crippen LogP) is 1.94. The summed E-state index contributed by atoms with van der Waals surface area (Å²) in [5.41, 5.74) is 3.89. The molecule has 0 saturated heterocycles. The van der Waals surface area contributed by atoms with Gasteiger partial charge in [-0.05, 0) is 66.6 Å². The first-order valence-electron chi connectivity index (χ1n) is 9.00. The highest BCUT2D eigenvalue weighted by atomic mass is 32.2. The molecule has 0 unspecified atom stereocenters. The van der Waals surface area contributed by atoms with E-state index in [1.54, 1.807) is 0 Å². The molecule has 2 aromatic rings. The lowest BCUT2D eigenvalue weighted by molar-refractivity contribution is -0.146. The highest BCUT2D eigenvalue weighted by molar-refractivity contribution is 7.89. The summed E-state index contributed by atoms with van der Waals surface area (Å²) >= 11 is 0. The van der Waals surface area contributed by atoms with Crippen LogP contribution in [0.15, 0.2) is 47.4 Å². The minimum absolute atomic E-state index is 0.0537. The van der Waals surface area contributed by atoms with E-state index in [0.717, 1.165) is 18.4 Å². The predicted molar refractivity (Wildman–Crippen MR) is 104 cm³/mol. The number of nitrogens with two attached hydrogens (primary N) is 1. The average Bonchev–Trinajstić information content (AvgIpc) is 2.66. The average molecular weight is 402 g/mol. The summed E-state index contributed by atoms with van der Waals surface area (Å²) in [7, 11) is -3.79. The number of fused-ring (bicyclic) bond motifs is 1. The second-order valence-corrected chi connectivity index (χ2v) is 8.33. The summed E-state index contributed by atoms with van der Waals surface area (Å²) in [4.78, 5) is 23.9. The molecule has 3 N–H and O–H groups in total. The summed E-state index contributed by atoms with van der Waals surface area (Å²) in [6.45, 7) is -0.416. The second kappa shape index (κ2) is 8.53. The maximum Gasteiger partial charge on any atom is 0.310 e. The van der Waals surface area contributed by atoms with Gasteiger partial charge in [0.1, 0.15) is 0 Å². The molecule has 28 heavy (non-hydrogen) atoms. The van der Waals surface area contributed by atoms with Crippen molar-refractivity contribution in [3.8, 4) is 0 Å². The largest absolute Gasteiger partial charge is 0.455 e. The number of anilines is 1. The monoisotopic (exact) mass is 402 g/mol. The molecule has 1 amide bonds. The van der Waals surface area contributed by atoms with E-state index < -0.39 is 28.5 Å². The van der Waals surface area contributed by atoms with Crippen LogP contribution < -0.4 is 10.5 Å². The van der Waals surface area contributed by atoms with Crippen molar-refractivity contribution in [1.82, 2.24) is 0 Å². The smallest absolute Gasteiger partial charge is 0.310 e. The number of carbonyl (C=O) groups excluding carboxylic acids is 2. The lowest BCUT2D eigenvalue weighted by atomic mass is 9.90. The third-order valence-electron chi connectivity index (χ3n) is 4.59. The van der Waals surface area contributed by atoms with Gasteiger partial charge in [-0.1, -0.05) is 18.2 Å². The van der Waals surface area contributed by atoms with E-state index in [4.69, 9.17) is 9.88 Å². The van der Waals surface area contributed by atoms with E-state index in [1.807, 2.05) is 12.1 Å². The Hall–Kier alpha value is -2.71. The maximum atomic E-state index is 12.0. The Bertz CT molecular complexity index is 984. The quantitative estimate of drug-likeness (QED) is 0.717. The normalized spacial score (nSPS) is 13.5. The molecule has 0 aliphatic heterocycles. The van der Waals surface area contributed by atoms with Gasteiger partial charge < -0.3 is 10.1 Å². The Kier molecular flexibility index (Phi) is 6.11. The van der Waals surface area contributed by atoms with Gasteiger partial charge in [0, 0.05) is 5.69 Å². The van der Waals surface area contributed by atoms with Crippen molar-refractivity contribution in [2.75, 3.05) is 11.9 Å². The zero-order valence-electron chi connectivity index (χ0n) is 15.3. The summed E-state index contributed by atoms with van der Waals surface area (Å²) in [5, 5.41) is 7.55. The first kappa shape index (κ1) is 20.0. The summed E-state index contributed by atoms with van der Waals surface area (Å²) in [5.74, 6) is -0.988. The van der Waals surface area contributed by atoms with Crippen molar-refractivity contribution in [2.24, 2.45) is 5.14 Å². The Morgan fingerprint density at radius 1 is 1.00 bits per heavy atom. The molecule has 0 radical (unpaired) electrons. The van der Waals surface area contributed by atoms with Crippen LogP contribution >= 0.6 is 0 Å². The van der Waals surface area contributed by atoms with E-state index in [9.17, 15) is 18.0 Å². The molecule has 0 spiro atoms. The Labute approximate surface area is 163 Å². The number of esters is 1. The topological polar surface area (TPSA) is 116 Å². The molecule has 0 atom stereocenters. The van der Waals surface area contributed by atoms with E-state index in [1.165, 1.54) is 48.2 Å². The van der Waals surface area contributed by atoms with Crippen LogP contribution in [0.2, 0.25) is 0 Å². The number of amides is 1. The lowest BCUT2D eigenvalue weighted by Gasteiger charge is -2.16. The van der Waals surface area contributed by atoms with Gasteiger partial charge in [-0.25, -0.2) is 13.6 Å². The van der Waals surface area contributed by atoms with Gasteiger partial charge in [0.25, 0.3) is 5.91 Å². The number of hydrogen-bond donors (Lipinski definition) is 2. The number of rotatable bonds is 6. The molecule has 3 rings (SSSR count). The van der Waals surface area contributed by atoms with Crippen LogP contribution in [0.5, 0.6) is 0 Å². The van der Waals surface area contributed by atoms with E-state index in [-0.39, 0.29) is 11.3 Å².